The first kappa shape index (κ1) is 16.6. The van der Waals surface area contributed by atoms with Crippen molar-refractivity contribution >= 4 is 11.6 Å². The number of likely N-dealkylation sites (tertiary alicyclic amines) is 1. The van der Waals surface area contributed by atoms with Crippen LogP contribution in [0, 0.1) is 5.92 Å². The maximum atomic E-state index is 13.4. The van der Waals surface area contributed by atoms with E-state index in [0.717, 1.165) is 24.2 Å². The molecule has 1 aromatic carbocycles. The molecule has 1 saturated heterocycles. The zero-order valence-corrected chi connectivity index (χ0v) is 15.0. The molecule has 0 bridgehead atoms. The number of piperidine rings is 1. The molecule has 26 heavy (non-hydrogen) atoms. The fraction of sp³-hybridized carbons (Fsp3) is 0.350. The Morgan fingerprint density at radius 3 is 2.92 bits per heavy atom. The van der Waals surface area contributed by atoms with Crippen molar-refractivity contribution in [3.05, 3.63) is 60.0 Å². The number of benzene rings is 1. The zero-order valence-electron chi connectivity index (χ0n) is 15.0. The van der Waals surface area contributed by atoms with E-state index >= 15 is 0 Å². The summed E-state index contributed by atoms with van der Waals surface area (Å²) in [5.74, 6) is 1.25. The molecule has 1 amide bonds. The van der Waals surface area contributed by atoms with Gasteiger partial charge in [0.25, 0.3) is 5.91 Å². The first-order chi connectivity index (χ1) is 12.7. The van der Waals surface area contributed by atoms with Crippen LogP contribution in [0.2, 0.25) is 0 Å². The van der Waals surface area contributed by atoms with Crippen LogP contribution in [0.1, 0.15) is 41.7 Å². The van der Waals surface area contributed by atoms with E-state index in [9.17, 15) is 4.79 Å². The molecule has 3 aromatic rings. The molecule has 2 aromatic heterocycles. The third kappa shape index (κ3) is 2.81. The second kappa shape index (κ2) is 6.78. The second-order valence-electron chi connectivity index (χ2n) is 6.84. The summed E-state index contributed by atoms with van der Waals surface area (Å²) in [6.45, 7) is 2.90. The Morgan fingerprint density at radius 1 is 1.23 bits per heavy atom. The molecule has 2 atom stereocenters. The van der Waals surface area contributed by atoms with Crippen LogP contribution in [0.25, 0.3) is 5.65 Å². The molecule has 0 N–H and O–H groups in total. The predicted octanol–water partition coefficient (Wildman–Crippen LogP) is 3.35. The van der Waals surface area contributed by atoms with Crippen molar-refractivity contribution in [3.63, 3.8) is 0 Å². The molecule has 2 unspecified atom stereocenters. The molecule has 0 radical (unpaired) electrons. The molecule has 3 heterocycles. The monoisotopic (exact) mass is 350 g/mol. The Hall–Kier alpha value is -2.89. The Labute approximate surface area is 152 Å². The molecular weight excluding hydrogens is 328 g/mol. The van der Waals surface area contributed by atoms with Gasteiger partial charge in [0.1, 0.15) is 11.3 Å². The molecule has 1 fully saturated rings. The largest absolute Gasteiger partial charge is 0.496 e. The van der Waals surface area contributed by atoms with Crippen molar-refractivity contribution in [3.8, 4) is 5.75 Å². The minimum Gasteiger partial charge on any atom is -0.496 e. The van der Waals surface area contributed by atoms with Crippen molar-refractivity contribution in [2.45, 2.75) is 25.8 Å². The van der Waals surface area contributed by atoms with E-state index < -0.39 is 0 Å². The van der Waals surface area contributed by atoms with Crippen molar-refractivity contribution in [1.82, 2.24) is 19.5 Å². The van der Waals surface area contributed by atoms with Gasteiger partial charge >= 0.3 is 0 Å². The van der Waals surface area contributed by atoms with Crippen LogP contribution in [0.4, 0.5) is 0 Å². The molecule has 0 spiro atoms. The van der Waals surface area contributed by atoms with Gasteiger partial charge in [-0.15, -0.1) is 0 Å². The number of para-hydroxylation sites is 1. The lowest BCUT2D eigenvalue weighted by molar-refractivity contribution is 0.0542. The van der Waals surface area contributed by atoms with Gasteiger partial charge in [-0.3, -0.25) is 4.79 Å². The van der Waals surface area contributed by atoms with Crippen molar-refractivity contribution < 1.29 is 9.53 Å². The van der Waals surface area contributed by atoms with Gasteiger partial charge in [0, 0.05) is 24.5 Å². The van der Waals surface area contributed by atoms with Crippen LogP contribution >= 0.6 is 0 Å². The maximum Gasteiger partial charge on any atom is 0.259 e. The molecule has 6 nitrogen and oxygen atoms in total. The Bertz CT molecular complexity index is 936. The van der Waals surface area contributed by atoms with Crippen molar-refractivity contribution in [2.75, 3.05) is 13.7 Å². The number of hydrogen-bond acceptors (Lipinski definition) is 4. The highest BCUT2D eigenvalue weighted by atomic mass is 16.5. The average Bonchev–Trinajstić information content (AvgIpc) is 3.11. The fourth-order valence-electron chi connectivity index (χ4n) is 3.77. The number of rotatable bonds is 3. The Balaban J connectivity index is 1.74. The molecule has 4 rings (SSSR count). The maximum absolute atomic E-state index is 13.4. The van der Waals surface area contributed by atoms with E-state index in [4.69, 9.17) is 4.74 Å². The van der Waals surface area contributed by atoms with Crippen molar-refractivity contribution in [1.29, 1.82) is 0 Å². The molecule has 6 heteroatoms. The Morgan fingerprint density at radius 2 is 2.08 bits per heavy atom. The average molecular weight is 350 g/mol. The van der Waals surface area contributed by atoms with Gasteiger partial charge in [-0.1, -0.05) is 25.1 Å². The quantitative estimate of drug-likeness (QED) is 0.727. The number of methoxy groups -OCH3 is 1. The number of carbonyl (C=O) groups excluding carboxylic acids is 1. The summed E-state index contributed by atoms with van der Waals surface area (Å²) < 4.78 is 7.19. The SMILES string of the molecule is COc1ccccc1C1CCC(C)CN1C(=O)c1cnn2cccnc12. The molecular formula is C20H22N4O2. The highest BCUT2D eigenvalue weighted by Gasteiger charge is 2.34. The van der Waals surface area contributed by atoms with E-state index in [1.165, 1.54) is 0 Å². The van der Waals surface area contributed by atoms with E-state index in [-0.39, 0.29) is 11.9 Å². The Kier molecular flexibility index (Phi) is 4.32. The summed E-state index contributed by atoms with van der Waals surface area (Å²) in [4.78, 5) is 19.7. The highest BCUT2D eigenvalue weighted by Crippen LogP contribution is 2.38. The lowest BCUT2D eigenvalue weighted by Gasteiger charge is -2.39. The van der Waals surface area contributed by atoms with Gasteiger partial charge in [-0.05, 0) is 30.9 Å². The number of ether oxygens (including phenoxy) is 1. The summed E-state index contributed by atoms with van der Waals surface area (Å²) in [5, 5.41) is 4.27. The van der Waals surface area contributed by atoms with E-state index in [0.29, 0.717) is 23.7 Å². The zero-order chi connectivity index (χ0) is 18.1. The first-order valence-electron chi connectivity index (χ1n) is 8.91. The molecule has 0 saturated carbocycles. The van der Waals surface area contributed by atoms with Crippen LogP contribution in [0.15, 0.2) is 48.9 Å². The van der Waals surface area contributed by atoms with Crippen molar-refractivity contribution in [2.24, 2.45) is 5.92 Å². The van der Waals surface area contributed by atoms with E-state index in [2.05, 4.69) is 17.0 Å². The molecule has 1 aliphatic rings. The summed E-state index contributed by atoms with van der Waals surface area (Å²) >= 11 is 0. The van der Waals surface area contributed by atoms with Gasteiger partial charge in [0.2, 0.25) is 0 Å². The topological polar surface area (TPSA) is 59.7 Å². The summed E-state index contributed by atoms with van der Waals surface area (Å²) in [6, 6.07) is 9.74. The van der Waals surface area contributed by atoms with Gasteiger partial charge in [-0.2, -0.15) is 5.10 Å². The summed E-state index contributed by atoms with van der Waals surface area (Å²) in [5.41, 5.74) is 2.19. The molecule has 0 aliphatic carbocycles. The minimum absolute atomic E-state index is 0.00601. The smallest absolute Gasteiger partial charge is 0.259 e. The van der Waals surface area contributed by atoms with Gasteiger partial charge < -0.3 is 9.64 Å². The molecule has 1 aliphatic heterocycles. The number of carbonyl (C=O) groups is 1. The summed E-state index contributed by atoms with van der Waals surface area (Å²) in [7, 11) is 1.67. The predicted molar refractivity (Wildman–Crippen MR) is 98.2 cm³/mol. The third-order valence-corrected chi connectivity index (χ3v) is 5.09. The fourth-order valence-corrected chi connectivity index (χ4v) is 3.77. The van der Waals surface area contributed by atoms with E-state index in [1.807, 2.05) is 29.2 Å². The van der Waals surface area contributed by atoms with Crippen LogP contribution in [-0.2, 0) is 0 Å². The minimum atomic E-state index is -0.0267. The van der Waals surface area contributed by atoms with Crippen LogP contribution in [0.3, 0.4) is 0 Å². The number of fused-ring (bicyclic) bond motifs is 1. The van der Waals surface area contributed by atoms with Crippen LogP contribution in [-0.4, -0.2) is 39.1 Å². The van der Waals surface area contributed by atoms with Gasteiger partial charge in [-0.25, -0.2) is 9.50 Å². The molecule has 134 valence electrons. The lowest BCUT2D eigenvalue weighted by Crippen LogP contribution is -2.41. The second-order valence-corrected chi connectivity index (χ2v) is 6.84. The van der Waals surface area contributed by atoms with Crippen LogP contribution in [0.5, 0.6) is 5.75 Å². The normalized spacial score (nSPS) is 20.3. The number of amides is 1. The lowest BCUT2D eigenvalue weighted by atomic mass is 9.89. The van der Waals surface area contributed by atoms with Crippen LogP contribution < -0.4 is 4.74 Å². The van der Waals surface area contributed by atoms with Gasteiger partial charge in [0.05, 0.1) is 19.3 Å². The first-order valence-corrected chi connectivity index (χ1v) is 8.91. The van der Waals surface area contributed by atoms with Gasteiger partial charge in [0.15, 0.2) is 5.65 Å². The number of hydrogen-bond donors (Lipinski definition) is 0. The van der Waals surface area contributed by atoms with E-state index in [1.54, 1.807) is 36.3 Å². The third-order valence-electron chi connectivity index (χ3n) is 5.09. The highest BCUT2D eigenvalue weighted by molar-refractivity contribution is 6.00. The number of nitrogens with zero attached hydrogens (tertiary/aromatic N) is 4. The summed E-state index contributed by atoms with van der Waals surface area (Å²) in [6.07, 6.45) is 7.10. The number of aromatic nitrogens is 3. The standard InChI is InChI=1S/C20H22N4O2/c1-14-8-9-17(15-6-3-4-7-18(15)26-2)23(13-14)20(25)16-12-22-24-11-5-10-21-19(16)24/h3-7,10-12,14,17H,8-9,13H2,1-2H3.